The van der Waals surface area contributed by atoms with Gasteiger partial charge in [-0.1, -0.05) is 5.16 Å². The van der Waals surface area contributed by atoms with Gasteiger partial charge in [0.2, 0.25) is 5.89 Å². The Morgan fingerprint density at radius 1 is 1.33 bits per heavy atom. The number of hydrogen-bond donors (Lipinski definition) is 2. The van der Waals surface area contributed by atoms with Gasteiger partial charge in [-0.05, 0) is 19.1 Å². The molecule has 2 N–H and O–H groups in total. The van der Waals surface area contributed by atoms with Crippen LogP contribution in [0.5, 0.6) is 0 Å². The second-order valence-corrected chi connectivity index (χ2v) is 4.67. The predicted octanol–water partition coefficient (Wildman–Crippen LogP) is 1.50. The number of aromatic nitrogens is 5. The van der Waals surface area contributed by atoms with E-state index in [9.17, 15) is 0 Å². The average molecular weight is 284 g/mol. The van der Waals surface area contributed by atoms with E-state index in [4.69, 9.17) is 4.52 Å². The fourth-order valence-electron chi connectivity index (χ4n) is 2.07. The van der Waals surface area contributed by atoms with Crippen LogP contribution < -0.4 is 5.32 Å². The highest BCUT2D eigenvalue weighted by Gasteiger charge is 2.08. The highest BCUT2D eigenvalue weighted by molar-refractivity contribution is 5.61. The maximum atomic E-state index is 5.07. The van der Waals surface area contributed by atoms with Crippen molar-refractivity contribution in [2.75, 3.05) is 6.54 Å². The molecule has 3 rings (SSSR count). The Morgan fingerprint density at radius 2 is 2.29 bits per heavy atom. The molecule has 0 aliphatic rings. The molecule has 0 bridgehead atoms. The standard InChI is InChI=1S/C14H16N6O/c1-10-18-13(21-20-10)4-6-16-8-12-9-17-19-14(12)11-3-2-5-15-7-11/h2-3,5,7,9,16H,4,6,8H2,1H3,(H,17,19). The molecule has 0 fully saturated rings. The third-order valence-corrected chi connectivity index (χ3v) is 3.07. The number of nitrogens with one attached hydrogen (secondary N) is 2. The number of aryl methyl sites for hydroxylation is 1. The quantitative estimate of drug-likeness (QED) is 0.666. The minimum Gasteiger partial charge on any atom is -0.339 e. The zero-order chi connectivity index (χ0) is 14.5. The van der Waals surface area contributed by atoms with Crippen LogP contribution in [0.1, 0.15) is 17.3 Å². The van der Waals surface area contributed by atoms with Gasteiger partial charge in [0.1, 0.15) is 0 Å². The van der Waals surface area contributed by atoms with Gasteiger partial charge in [-0.2, -0.15) is 10.1 Å². The first-order valence-corrected chi connectivity index (χ1v) is 6.75. The zero-order valence-corrected chi connectivity index (χ0v) is 11.7. The van der Waals surface area contributed by atoms with Crippen molar-refractivity contribution in [1.29, 1.82) is 0 Å². The third kappa shape index (κ3) is 3.32. The molecule has 0 saturated heterocycles. The van der Waals surface area contributed by atoms with E-state index < -0.39 is 0 Å². The molecular weight excluding hydrogens is 268 g/mol. The first-order valence-electron chi connectivity index (χ1n) is 6.75. The molecule has 0 radical (unpaired) electrons. The topological polar surface area (TPSA) is 92.5 Å². The van der Waals surface area contributed by atoms with Gasteiger partial charge >= 0.3 is 0 Å². The highest BCUT2D eigenvalue weighted by atomic mass is 16.5. The SMILES string of the molecule is Cc1noc(CCNCc2cn[nH]c2-c2cccnc2)n1. The Kier molecular flexibility index (Phi) is 4.02. The summed E-state index contributed by atoms with van der Waals surface area (Å²) in [6, 6.07) is 3.91. The van der Waals surface area contributed by atoms with Gasteiger partial charge in [-0.3, -0.25) is 10.1 Å². The van der Waals surface area contributed by atoms with Crippen LogP contribution in [0.15, 0.2) is 35.2 Å². The van der Waals surface area contributed by atoms with Gasteiger partial charge in [-0.25, -0.2) is 0 Å². The molecule has 0 amide bonds. The van der Waals surface area contributed by atoms with Crippen LogP contribution in [-0.4, -0.2) is 31.9 Å². The Morgan fingerprint density at radius 3 is 3.05 bits per heavy atom. The van der Waals surface area contributed by atoms with Crippen molar-refractivity contribution in [2.45, 2.75) is 19.9 Å². The second kappa shape index (κ2) is 6.27. The molecule has 3 heterocycles. The normalized spacial score (nSPS) is 10.9. The van der Waals surface area contributed by atoms with Crippen molar-refractivity contribution in [2.24, 2.45) is 0 Å². The summed E-state index contributed by atoms with van der Waals surface area (Å²) in [5.74, 6) is 1.32. The van der Waals surface area contributed by atoms with Gasteiger partial charge < -0.3 is 9.84 Å². The van der Waals surface area contributed by atoms with E-state index in [0.29, 0.717) is 24.7 Å². The average Bonchev–Trinajstić information content (AvgIpc) is 3.13. The molecule has 21 heavy (non-hydrogen) atoms. The molecule has 0 aliphatic heterocycles. The molecular formula is C14H16N6O. The van der Waals surface area contributed by atoms with Crippen LogP contribution in [0.2, 0.25) is 0 Å². The van der Waals surface area contributed by atoms with E-state index in [1.807, 2.05) is 31.5 Å². The van der Waals surface area contributed by atoms with Crippen molar-refractivity contribution in [3.63, 3.8) is 0 Å². The summed E-state index contributed by atoms with van der Waals surface area (Å²) in [7, 11) is 0. The van der Waals surface area contributed by atoms with Crippen LogP contribution in [0.25, 0.3) is 11.3 Å². The molecule has 0 spiro atoms. The van der Waals surface area contributed by atoms with E-state index in [1.54, 1.807) is 6.20 Å². The fourth-order valence-corrected chi connectivity index (χ4v) is 2.07. The van der Waals surface area contributed by atoms with Crippen LogP contribution >= 0.6 is 0 Å². The Balaban J connectivity index is 1.55. The summed E-state index contributed by atoms with van der Waals surface area (Å²) in [4.78, 5) is 8.29. The Bertz CT molecular complexity index is 690. The number of aromatic amines is 1. The third-order valence-electron chi connectivity index (χ3n) is 3.07. The number of nitrogens with zero attached hydrogens (tertiary/aromatic N) is 4. The van der Waals surface area contributed by atoms with Crippen LogP contribution in [-0.2, 0) is 13.0 Å². The van der Waals surface area contributed by atoms with Gasteiger partial charge in [0, 0.05) is 43.0 Å². The molecule has 0 saturated carbocycles. The second-order valence-electron chi connectivity index (χ2n) is 4.67. The summed E-state index contributed by atoms with van der Waals surface area (Å²) < 4.78 is 5.07. The predicted molar refractivity (Wildman–Crippen MR) is 76.3 cm³/mol. The van der Waals surface area contributed by atoms with Crippen molar-refractivity contribution < 1.29 is 4.52 Å². The summed E-state index contributed by atoms with van der Waals surface area (Å²) in [6.07, 6.45) is 6.11. The summed E-state index contributed by atoms with van der Waals surface area (Å²) in [6.45, 7) is 3.29. The Hall–Kier alpha value is -2.54. The number of rotatable bonds is 6. The molecule has 7 heteroatoms. The fraction of sp³-hybridized carbons (Fsp3) is 0.286. The maximum absolute atomic E-state index is 5.07. The lowest BCUT2D eigenvalue weighted by Crippen LogP contribution is -2.17. The van der Waals surface area contributed by atoms with Crippen molar-refractivity contribution in [3.05, 3.63) is 48.0 Å². The molecule has 108 valence electrons. The first-order chi connectivity index (χ1) is 10.3. The van der Waals surface area contributed by atoms with Gasteiger partial charge in [0.05, 0.1) is 11.9 Å². The lowest BCUT2D eigenvalue weighted by molar-refractivity contribution is 0.372. The molecule has 3 aromatic heterocycles. The lowest BCUT2D eigenvalue weighted by Gasteiger charge is -2.04. The smallest absolute Gasteiger partial charge is 0.227 e. The highest BCUT2D eigenvalue weighted by Crippen LogP contribution is 2.19. The summed E-state index contributed by atoms with van der Waals surface area (Å²) >= 11 is 0. The van der Waals surface area contributed by atoms with E-state index in [-0.39, 0.29) is 0 Å². The molecule has 0 unspecified atom stereocenters. The zero-order valence-electron chi connectivity index (χ0n) is 11.7. The summed E-state index contributed by atoms with van der Waals surface area (Å²) in [5, 5.41) is 14.2. The minimum atomic E-state index is 0.652. The number of pyridine rings is 1. The van der Waals surface area contributed by atoms with Gasteiger partial charge in [0.25, 0.3) is 0 Å². The van der Waals surface area contributed by atoms with Crippen LogP contribution in [0, 0.1) is 6.92 Å². The van der Waals surface area contributed by atoms with E-state index in [0.717, 1.165) is 23.4 Å². The molecule has 3 aromatic rings. The van der Waals surface area contributed by atoms with E-state index in [1.165, 1.54) is 0 Å². The van der Waals surface area contributed by atoms with Crippen molar-refractivity contribution in [1.82, 2.24) is 30.6 Å². The minimum absolute atomic E-state index is 0.652. The number of hydrogen-bond acceptors (Lipinski definition) is 6. The molecule has 0 atom stereocenters. The monoisotopic (exact) mass is 284 g/mol. The van der Waals surface area contributed by atoms with Crippen LogP contribution in [0.3, 0.4) is 0 Å². The first kappa shape index (κ1) is 13.4. The summed E-state index contributed by atoms with van der Waals surface area (Å²) in [5.41, 5.74) is 3.12. The Labute approximate surface area is 121 Å². The molecule has 0 aromatic carbocycles. The number of H-pyrrole nitrogens is 1. The molecule has 0 aliphatic carbocycles. The van der Waals surface area contributed by atoms with E-state index >= 15 is 0 Å². The molecule has 7 nitrogen and oxygen atoms in total. The maximum Gasteiger partial charge on any atom is 0.227 e. The largest absolute Gasteiger partial charge is 0.339 e. The van der Waals surface area contributed by atoms with Crippen molar-refractivity contribution in [3.8, 4) is 11.3 Å². The van der Waals surface area contributed by atoms with Gasteiger partial charge in [0.15, 0.2) is 5.82 Å². The van der Waals surface area contributed by atoms with Gasteiger partial charge in [-0.15, -0.1) is 0 Å². The van der Waals surface area contributed by atoms with Crippen molar-refractivity contribution >= 4 is 0 Å². The van der Waals surface area contributed by atoms with E-state index in [2.05, 4.69) is 30.6 Å². The lowest BCUT2D eigenvalue weighted by atomic mass is 10.1. The van der Waals surface area contributed by atoms with Crippen LogP contribution in [0.4, 0.5) is 0 Å².